The van der Waals surface area contributed by atoms with Crippen LogP contribution in [0.1, 0.15) is 37.4 Å². The molecule has 3 rings (SSSR count). The van der Waals surface area contributed by atoms with Crippen molar-refractivity contribution in [1.82, 2.24) is 19.7 Å². The topological polar surface area (TPSA) is 97.0 Å². The van der Waals surface area contributed by atoms with Gasteiger partial charge in [0.05, 0.1) is 5.92 Å². The van der Waals surface area contributed by atoms with Gasteiger partial charge in [0.2, 0.25) is 5.91 Å². The molecule has 1 aromatic heterocycles. The normalized spacial score (nSPS) is 28.3. The molecule has 2 aliphatic rings. The number of aromatic amines is 1. The summed E-state index contributed by atoms with van der Waals surface area (Å²) < 4.78 is 28.3. The van der Waals surface area contributed by atoms with Crippen LogP contribution in [-0.4, -0.2) is 50.6 Å². The van der Waals surface area contributed by atoms with Gasteiger partial charge in [0.25, 0.3) is 5.92 Å². The number of nitrogens with one attached hydrogen (secondary N) is 1. The fourth-order valence-electron chi connectivity index (χ4n) is 3.63. The van der Waals surface area contributed by atoms with Gasteiger partial charge in [0.15, 0.2) is 0 Å². The molecule has 1 amide bonds. The Hall–Kier alpha value is -1.77. The molecular formula is C14H21F2N5O2. The molecule has 2 fully saturated rings. The van der Waals surface area contributed by atoms with E-state index in [9.17, 15) is 18.4 Å². The van der Waals surface area contributed by atoms with Gasteiger partial charge in [-0.15, -0.1) is 0 Å². The van der Waals surface area contributed by atoms with Gasteiger partial charge in [-0.25, -0.2) is 18.7 Å². The lowest BCUT2D eigenvalue weighted by Gasteiger charge is -2.33. The van der Waals surface area contributed by atoms with E-state index in [0.717, 1.165) is 0 Å². The summed E-state index contributed by atoms with van der Waals surface area (Å²) in [6.07, 6.45) is 0.431. The summed E-state index contributed by atoms with van der Waals surface area (Å²) in [7, 11) is 1.65. The van der Waals surface area contributed by atoms with Crippen LogP contribution in [0.25, 0.3) is 0 Å². The summed E-state index contributed by atoms with van der Waals surface area (Å²) in [5.41, 5.74) is 5.46. The lowest BCUT2D eigenvalue weighted by Crippen LogP contribution is -2.45. The van der Waals surface area contributed by atoms with E-state index < -0.39 is 30.7 Å². The molecule has 1 aliphatic heterocycles. The van der Waals surface area contributed by atoms with Gasteiger partial charge >= 0.3 is 5.69 Å². The smallest absolute Gasteiger partial charge is 0.342 e. The van der Waals surface area contributed by atoms with Crippen molar-refractivity contribution < 1.29 is 13.6 Å². The number of H-pyrrole nitrogens is 1. The minimum Gasteiger partial charge on any atom is -0.342 e. The second-order valence-electron chi connectivity index (χ2n) is 6.58. The van der Waals surface area contributed by atoms with Crippen molar-refractivity contribution in [3.05, 3.63) is 16.3 Å². The standard InChI is InChI=1S/C14H21F2N5O2/c1-20-11(18-19-13(20)23)8-2-4-21(5-3-8)12(22)9-6-14(15,16)7-10(9)17/h8-10H,2-7,17H2,1H3,(H,19,23)/t9-,10-/m1/s1. The van der Waals surface area contributed by atoms with Crippen molar-refractivity contribution in [2.24, 2.45) is 18.7 Å². The Morgan fingerprint density at radius 3 is 2.48 bits per heavy atom. The summed E-state index contributed by atoms with van der Waals surface area (Å²) in [6, 6.07) is -0.776. The minimum absolute atomic E-state index is 0.0849. The molecule has 9 heteroatoms. The number of likely N-dealkylation sites (tertiary alicyclic amines) is 1. The van der Waals surface area contributed by atoms with Gasteiger partial charge in [-0.05, 0) is 12.8 Å². The van der Waals surface area contributed by atoms with Crippen molar-refractivity contribution in [3.8, 4) is 0 Å². The predicted octanol–water partition coefficient (Wildman–Crippen LogP) is 0.187. The number of hydrogen-bond acceptors (Lipinski definition) is 4. The highest BCUT2D eigenvalue weighted by Crippen LogP contribution is 2.39. The van der Waals surface area contributed by atoms with E-state index in [1.807, 2.05) is 0 Å². The molecule has 0 radical (unpaired) electrons. The van der Waals surface area contributed by atoms with E-state index in [2.05, 4.69) is 10.2 Å². The molecule has 0 spiro atoms. The van der Waals surface area contributed by atoms with Crippen LogP contribution in [0.15, 0.2) is 4.79 Å². The summed E-state index contributed by atoms with van der Waals surface area (Å²) >= 11 is 0. The molecule has 1 saturated carbocycles. The van der Waals surface area contributed by atoms with Crippen LogP contribution in [0.2, 0.25) is 0 Å². The average Bonchev–Trinajstić information content (AvgIpc) is 2.98. The first-order valence-corrected chi connectivity index (χ1v) is 7.82. The number of alkyl halides is 2. The molecule has 1 aromatic rings. The maximum Gasteiger partial charge on any atom is 0.343 e. The Morgan fingerprint density at radius 1 is 1.35 bits per heavy atom. The van der Waals surface area contributed by atoms with Crippen LogP contribution in [0.4, 0.5) is 8.78 Å². The van der Waals surface area contributed by atoms with E-state index in [0.29, 0.717) is 31.8 Å². The Labute approximate surface area is 131 Å². The van der Waals surface area contributed by atoms with E-state index >= 15 is 0 Å². The quantitative estimate of drug-likeness (QED) is 0.809. The fraction of sp³-hybridized carbons (Fsp3) is 0.786. The Balaban J connectivity index is 1.62. The van der Waals surface area contributed by atoms with E-state index in [-0.39, 0.29) is 17.5 Å². The zero-order valence-corrected chi connectivity index (χ0v) is 13.0. The second kappa shape index (κ2) is 5.70. The molecule has 3 N–H and O–H groups in total. The van der Waals surface area contributed by atoms with Gasteiger partial charge < -0.3 is 10.6 Å². The summed E-state index contributed by atoms with van der Waals surface area (Å²) in [5.74, 6) is -3.15. The van der Waals surface area contributed by atoms with Crippen molar-refractivity contribution in [2.75, 3.05) is 13.1 Å². The van der Waals surface area contributed by atoms with Gasteiger partial charge in [-0.3, -0.25) is 9.36 Å². The molecule has 2 atom stereocenters. The molecule has 0 bridgehead atoms. The highest BCUT2D eigenvalue weighted by Gasteiger charge is 2.49. The largest absolute Gasteiger partial charge is 0.343 e. The third kappa shape index (κ3) is 3.01. The first kappa shape index (κ1) is 16.1. The maximum absolute atomic E-state index is 13.4. The first-order valence-electron chi connectivity index (χ1n) is 7.82. The van der Waals surface area contributed by atoms with Gasteiger partial charge in [0, 0.05) is 44.9 Å². The molecule has 0 unspecified atom stereocenters. The summed E-state index contributed by atoms with van der Waals surface area (Å²) in [6.45, 7) is 0.943. The average molecular weight is 329 g/mol. The summed E-state index contributed by atoms with van der Waals surface area (Å²) in [4.78, 5) is 25.5. The van der Waals surface area contributed by atoms with Crippen LogP contribution in [0.5, 0.6) is 0 Å². The number of nitrogens with two attached hydrogens (primary N) is 1. The highest BCUT2D eigenvalue weighted by atomic mass is 19.3. The maximum atomic E-state index is 13.4. The van der Waals surface area contributed by atoms with Gasteiger partial charge in [0.1, 0.15) is 5.82 Å². The number of carbonyl (C=O) groups excluding carboxylic acids is 1. The van der Waals surface area contributed by atoms with E-state index in [1.165, 1.54) is 4.57 Å². The number of amides is 1. The van der Waals surface area contributed by atoms with Crippen molar-refractivity contribution in [1.29, 1.82) is 0 Å². The Bertz CT molecular complexity index is 648. The minimum atomic E-state index is -2.84. The van der Waals surface area contributed by atoms with Crippen LogP contribution < -0.4 is 11.4 Å². The molecule has 23 heavy (non-hydrogen) atoms. The van der Waals surface area contributed by atoms with Crippen molar-refractivity contribution in [2.45, 2.75) is 43.6 Å². The molecular weight excluding hydrogens is 308 g/mol. The number of hydrogen-bond donors (Lipinski definition) is 2. The van der Waals surface area contributed by atoms with Crippen LogP contribution >= 0.6 is 0 Å². The van der Waals surface area contributed by atoms with Crippen molar-refractivity contribution in [3.63, 3.8) is 0 Å². The Kier molecular flexibility index (Phi) is 3.99. The number of aromatic nitrogens is 3. The number of halogens is 2. The number of carbonyl (C=O) groups is 1. The lowest BCUT2D eigenvalue weighted by atomic mass is 9.94. The monoisotopic (exact) mass is 329 g/mol. The van der Waals surface area contributed by atoms with Crippen LogP contribution in [0, 0.1) is 5.92 Å². The number of piperidine rings is 1. The lowest BCUT2D eigenvalue weighted by molar-refractivity contribution is -0.137. The molecule has 7 nitrogen and oxygen atoms in total. The second-order valence-corrected chi connectivity index (χ2v) is 6.58. The molecule has 2 heterocycles. The van der Waals surface area contributed by atoms with E-state index in [4.69, 9.17) is 5.73 Å². The fourth-order valence-corrected chi connectivity index (χ4v) is 3.63. The summed E-state index contributed by atoms with van der Waals surface area (Å²) in [5, 5.41) is 6.43. The predicted molar refractivity (Wildman–Crippen MR) is 78.0 cm³/mol. The van der Waals surface area contributed by atoms with Crippen molar-refractivity contribution >= 4 is 5.91 Å². The molecule has 0 aromatic carbocycles. The molecule has 128 valence electrons. The first-order chi connectivity index (χ1) is 10.8. The number of nitrogens with zero attached hydrogens (tertiary/aromatic N) is 3. The number of rotatable bonds is 2. The van der Waals surface area contributed by atoms with Crippen LogP contribution in [0.3, 0.4) is 0 Å². The molecule has 1 aliphatic carbocycles. The van der Waals surface area contributed by atoms with Gasteiger partial charge in [-0.1, -0.05) is 0 Å². The van der Waals surface area contributed by atoms with Crippen LogP contribution in [-0.2, 0) is 11.8 Å². The third-order valence-corrected chi connectivity index (χ3v) is 4.97. The zero-order chi connectivity index (χ0) is 16.8. The highest BCUT2D eigenvalue weighted by molar-refractivity contribution is 5.80. The van der Waals surface area contributed by atoms with Gasteiger partial charge in [-0.2, -0.15) is 5.10 Å². The SMILES string of the molecule is Cn1c(C2CCN(C(=O)[C@@H]3CC(F)(F)C[C@H]3N)CC2)n[nH]c1=O. The Morgan fingerprint density at radius 2 is 2.00 bits per heavy atom. The third-order valence-electron chi connectivity index (χ3n) is 4.97. The molecule has 1 saturated heterocycles. The van der Waals surface area contributed by atoms with E-state index in [1.54, 1.807) is 11.9 Å². The zero-order valence-electron chi connectivity index (χ0n) is 13.0.